The standard InChI is InChI=1S/C13H15BrN2O2/c1-9(7-15)8-16-13(17)10(2)18-12-6-4-3-5-11(12)14/h3-6,9-10H,8H2,1-2H3,(H,16,17)/t9-,10-/m1/s1. The van der Waals surface area contributed by atoms with Crippen LogP contribution in [-0.2, 0) is 4.79 Å². The average Bonchev–Trinajstić information content (AvgIpc) is 2.38. The summed E-state index contributed by atoms with van der Waals surface area (Å²) in [5.41, 5.74) is 0. The Morgan fingerprint density at radius 2 is 2.17 bits per heavy atom. The van der Waals surface area contributed by atoms with Gasteiger partial charge in [-0.05, 0) is 41.9 Å². The summed E-state index contributed by atoms with van der Waals surface area (Å²) in [5.74, 6) is 0.186. The molecule has 0 saturated heterocycles. The van der Waals surface area contributed by atoms with Crippen LogP contribution in [0.15, 0.2) is 28.7 Å². The fraction of sp³-hybridized carbons (Fsp3) is 0.385. The molecule has 1 rings (SSSR count). The molecule has 96 valence electrons. The predicted molar refractivity (Wildman–Crippen MR) is 72.0 cm³/mol. The van der Waals surface area contributed by atoms with Crippen molar-refractivity contribution in [3.05, 3.63) is 28.7 Å². The zero-order valence-corrected chi connectivity index (χ0v) is 11.9. The fourth-order valence-corrected chi connectivity index (χ4v) is 1.61. The Hall–Kier alpha value is -1.54. The van der Waals surface area contributed by atoms with Crippen LogP contribution in [0.1, 0.15) is 13.8 Å². The molecule has 2 atom stereocenters. The lowest BCUT2D eigenvalue weighted by Crippen LogP contribution is -2.38. The van der Waals surface area contributed by atoms with Crippen molar-refractivity contribution in [3.63, 3.8) is 0 Å². The van der Waals surface area contributed by atoms with E-state index in [1.807, 2.05) is 18.2 Å². The van der Waals surface area contributed by atoms with Gasteiger partial charge in [0.2, 0.25) is 0 Å². The van der Waals surface area contributed by atoms with Crippen molar-refractivity contribution in [3.8, 4) is 11.8 Å². The van der Waals surface area contributed by atoms with E-state index in [0.717, 1.165) is 4.47 Å². The molecule has 0 unspecified atom stereocenters. The maximum atomic E-state index is 11.7. The molecule has 18 heavy (non-hydrogen) atoms. The van der Waals surface area contributed by atoms with Crippen LogP contribution in [0.4, 0.5) is 0 Å². The molecule has 0 spiro atoms. The average molecular weight is 311 g/mol. The van der Waals surface area contributed by atoms with Crippen molar-refractivity contribution in [2.45, 2.75) is 20.0 Å². The first-order valence-corrected chi connectivity index (χ1v) is 6.42. The number of halogens is 1. The molecular formula is C13H15BrN2O2. The molecule has 1 amide bonds. The minimum absolute atomic E-state index is 0.204. The Morgan fingerprint density at radius 3 is 2.78 bits per heavy atom. The van der Waals surface area contributed by atoms with Crippen LogP contribution in [0.2, 0.25) is 0 Å². The molecule has 0 aliphatic heterocycles. The van der Waals surface area contributed by atoms with Gasteiger partial charge in [0.25, 0.3) is 5.91 Å². The van der Waals surface area contributed by atoms with Gasteiger partial charge in [-0.1, -0.05) is 12.1 Å². The first-order valence-electron chi connectivity index (χ1n) is 5.63. The van der Waals surface area contributed by atoms with E-state index >= 15 is 0 Å². The fourth-order valence-electron chi connectivity index (χ4n) is 1.23. The minimum Gasteiger partial charge on any atom is -0.480 e. The molecule has 5 heteroatoms. The van der Waals surface area contributed by atoms with Gasteiger partial charge in [0.15, 0.2) is 6.10 Å². The Balaban J connectivity index is 2.51. The van der Waals surface area contributed by atoms with E-state index in [9.17, 15) is 4.79 Å². The van der Waals surface area contributed by atoms with E-state index in [0.29, 0.717) is 12.3 Å². The number of nitrogens with one attached hydrogen (secondary N) is 1. The highest BCUT2D eigenvalue weighted by atomic mass is 79.9. The van der Waals surface area contributed by atoms with Crippen LogP contribution in [0, 0.1) is 17.2 Å². The second kappa shape index (κ2) is 7.02. The Kier molecular flexibility index (Phi) is 5.66. The Labute approximate surface area is 115 Å². The zero-order chi connectivity index (χ0) is 13.5. The molecule has 0 aromatic heterocycles. The molecule has 1 aromatic rings. The summed E-state index contributed by atoms with van der Waals surface area (Å²) in [6, 6.07) is 9.39. The first kappa shape index (κ1) is 14.5. The van der Waals surface area contributed by atoms with E-state index in [4.69, 9.17) is 10.00 Å². The molecule has 0 saturated carbocycles. The maximum absolute atomic E-state index is 11.7. The number of rotatable bonds is 5. The monoisotopic (exact) mass is 310 g/mol. The summed E-state index contributed by atoms with van der Waals surface area (Å²) in [7, 11) is 0. The quantitative estimate of drug-likeness (QED) is 0.909. The SMILES string of the molecule is C[C@H](C#N)CNC(=O)[C@@H](C)Oc1ccccc1Br. The van der Waals surface area contributed by atoms with Gasteiger partial charge in [-0.25, -0.2) is 0 Å². The number of carbonyl (C=O) groups is 1. The predicted octanol–water partition coefficient (Wildman–Crippen LogP) is 2.49. The summed E-state index contributed by atoms with van der Waals surface area (Å²) in [6.07, 6.45) is -0.602. The second-order valence-corrected chi connectivity index (χ2v) is 4.82. The van der Waals surface area contributed by atoms with Crippen LogP contribution in [-0.4, -0.2) is 18.6 Å². The minimum atomic E-state index is -0.602. The zero-order valence-electron chi connectivity index (χ0n) is 10.3. The molecule has 0 bridgehead atoms. The number of hydrogen-bond donors (Lipinski definition) is 1. The lowest BCUT2D eigenvalue weighted by Gasteiger charge is -2.16. The van der Waals surface area contributed by atoms with Crippen molar-refractivity contribution in [1.29, 1.82) is 5.26 Å². The molecule has 0 fully saturated rings. The van der Waals surface area contributed by atoms with E-state index in [1.165, 1.54) is 0 Å². The third-order valence-electron chi connectivity index (χ3n) is 2.31. The summed E-state index contributed by atoms with van der Waals surface area (Å²) >= 11 is 3.35. The second-order valence-electron chi connectivity index (χ2n) is 3.97. The van der Waals surface area contributed by atoms with E-state index in [-0.39, 0.29) is 11.8 Å². The van der Waals surface area contributed by atoms with Crippen LogP contribution in [0.5, 0.6) is 5.75 Å². The Bertz CT molecular complexity index is 457. The number of benzene rings is 1. The molecule has 0 radical (unpaired) electrons. The van der Waals surface area contributed by atoms with Gasteiger partial charge >= 0.3 is 0 Å². The number of carbonyl (C=O) groups excluding carboxylic acids is 1. The largest absolute Gasteiger partial charge is 0.480 e. The number of hydrogen-bond acceptors (Lipinski definition) is 3. The highest BCUT2D eigenvalue weighted by Crippen LogP contribution is 2.24. The summed E-state index contributed by atoms with van der Waals surface area (Å²) in [4.78, 5) is 11.7. The molecule has 4 nitrogen and oxygen atoms in total. The summed E-state index contributed by atoms with van der Waals surface area (Å²) in [5, 5.41) is 11.3. The molecule has 0 aliphatic rings. The van der Waals surface area contributed by atoms with Crippen molar-refractivity contribution >= 4 is 21.8 Å². The van der Waals surface area contributed by atoms with Crippen LogP contribution < -0.4 is 10.1 Å². The van der Waals surface area contributed by atoms with Crippen LogP contribution in [0.25, 0.3) is 0 Å². The van der Waals surface area contributed by atoms with E-state index in [1.54, 1.807) is 19.9 Å². The summed E-state index contributed by atoms with van der Waals surface area (Å²) in [6.45, 7) is 3.75. The summed E-state index contributed by atoms with van der Waals surface area (Å²) < 4.78 is 6.33. The lowest BCUT2D eigenvalue weighted by molar-refractivity contribution is -0.127. The van der Waals surface area contributed by atoms with Gasteiger partial charge in [-0.15, -0.1) is 0 Å². The number of para-hydroxylation sites is 1. The number of nitriles is 1. The molecule has 1 aromatic carbocycles. The number of ether oxygens (including phenoxy) is 1. The molecule has 1 N–H and O–H groups in total. The third kappa shape index (κ3) is 4.38. The molecule has 0 aliphatic carbocycles. The normalized spacial score (nSPS) is 13.2. The smallest absolute Gasteiger partial charge is 0.260 e. The van der Waals surface area contributed by atoms with Crippen molar-refractivity contribution < 1.29 is 9.53 Å². The van der Waals surface area contributed by atoms with Crippen molar-refractivity contribution in [1.82, 2.24) is 5.32 Å². The van der Waals surface area contributed by atoms with Crippen LogP contribution in [0.3, 0.4) is 0 Å². The van der Waals surface area contributed by atoms with Gasteiger partial charge in [-0.3, -0.25) is 4.79 Å². The number of nitrogens with zero attached hydrogens (tertiary/aromatic N) is 1. The highest BCUT2D eigenvalue weighted by Gasteiger charge is 2.16. The van der Waals surface area contributed by atoms with Gasteiger partial charge < -0.3 is 10.1 Å². The molecular weight excluding hydrogens is 296 g/mol. The van der Waals surface area contributed by atoms with Crippen molar-refractivity contribution in [2.75, 3.05) is 6.54 Å². The van der Waals surface area contributed by atoms with Gasteiger partial charge in [0, 0.05) is 6.54 Å². The van der Waals surface area contributed by atoms with E-state index < -0.39 is 6.10 Å². The van der Waals surface area contributed by atoms with Gasteiger partial charge in [0.1, 0.15) is 5.75 Å². The van der Waals surface area contributed by atoms with Gasteiger partial charge in [0.05, 0.1) is 16.5 Å². The first-order chi connectivity index (χ1) is 8.54. The lowest BCUT2D eigenvalue weighted by atomic mass is 10.2. The topological polar surface area (TPSA) is 62.1 Å². The van der Waals surface area contributed by atoms with E-state index in [2.05, 4.69) is 27.3 Å². The number of amides is 1. The van der Waals surface area contributed by atoms with Gasteiger partial charge in [-0.2, -0.15) is 5.26 Å². The highest BCUT2D eigenvalue weighted by molar-refractivity contribution is 9.10. The van der Waals surface area contributed by atoms with Crippen molar-refractivity contribution in [2.24, 2.45) is 5.92 Å². The maximum Gasteiger partial charge on any atom is 0.260 e. The third-order valence-corrected chi connectivity index (χ3v) is 2.97. The van der Waals surface area contributed by atoms with Crippen LogP contribution >= 0.6 is 15.9 Å². The molecule has 0 heterocycles. The Morgan fingerprint density at radius 1 is 1.50 bits per heavy atom.